The molecule has 1 rings (SSSR count). The van der Waals surface area contributed by atoms with Gasteiger partial charge in [0, 0.05) is 12.1 Å². The summed E-state index contributed by atoms with van der Waals surface area (Å²) in [5.41, 5.74) is 5.95. The lowest BCUT2D eigenvalue weighted by Gasteiger charge is -2.24. The normalized spacial score (nSPS) is 27.6. The van der Waals surface area contributed by atoms with Gasteiger partial charge >= 0.3 is 6.09 Å². The SMILES string of the molecule is COC(=O)NC1CCC=CCC[C@@H]1N. The zero-order valence-corrected chi connectivity index (χ0v) is 8.53. The van der Waals surface area contributed by atoms with E-state index in [-0.39, 0.29) is 12.1 Å². The lowest BCUT2D eigenvalue weighted by Crippen LogP contribution is -2.47. The highest BCUT2D eigenvalue weighted by Crippen LogP contribution is 2.11. The van der Waals surface area contributed by atoms with Crippen LogP contribution < -0.4 is 11.1 Å². The molecule has 0 radical (unpaired) electrons. The molecule has 1 aliphatic carbocycles. The highest BCUT2D eigenvalue weighted by Gasteiger charge is 2.19. The predicted octanol–water partition coefficient (Wildman–Crippen LogP) is 1.17. The molecule has 4 nitrogen and oxygen atoms in total. The summed E-state index contributed by atoms with van der Waals surface area (Å²) in [6, 6.07) is 0.0615. The van der Waals surface area contributed by atoms with Crippen molar-refractivity contribution < 1.29 is 9.53 Å². The predicted molar refractivity (Wildman–Crippen MR) is 54.9 cm³/mol. The largest absolute Gasteiger partial charge is 0.453 e. The fourth-order valence-corrected chi connectivity index (χ4v) is 1.60. The number of nitrogens with one attached hydrogen (secondary N) is 1. The molecule has 0 aromatic carbocycles. The first-order valence-electron chi connectivity index (χ1n) is 4.99. The Morgan fingerprint density at radius 2 is 2.07 bits per heavy atom. The second-order valence-electron chi connectivity index (χ2n) is 3.53. The first-order chi connectivity index (χ1) is 6.74. The Labute approximate surface area is 84.5 Å². The Hall–Kier alpha value is -1.03. The van der Waals surface area contributed by atoms with E-state index in [0.29, 0.717) is 0 Å². The van der Waals surface area contributed by atoms with E-state index in [1.807, 2.05) is 0 Å². The molecule has 0 fully saturated rings. The van der Waals surface area contributed by atoms with Crippen LogP contribution >= 0.6 is 0 Å². The van der Waals surface area contributed by atoms with E-state index in [4.69, 9.17) is 5.73 Å². The van der Waals surface area contributed by atoms with Crippen molar-refractivity contribution in [2.75, 3.05) is 7.11 Å². The molecule has 1 amide bonds. The van der Waals surface area contributed by atoms with Gasteiger partial charge in [0.25, 0.3) is 0 Å². The van der Waals surface area contributed by atoms with Crippen molar-refractivity contribution in [3.05, 3.63) is 12.2 Å². The van der Waals surface area contributed by atoms with Gasteiger partial charge in [0.05, 0.1) is 7.11 Å². The molecule has 14 heavy (non-hydrogen) atoms. The standard InChI is InChI=1S/C10H18N2O2/c1-14-10(13)12-9-7-5-3-2-4-6-8(9)11/h2-3,8-9H,4-7,11H2,1H3,(H,12,13)/t8-,9?/m0/s1. The molecular weight excluding hydrogens is 180 g/mol. The van der Waals surface area contributed by atoms with Crippen molar-refractivity contribution in [2.24, 2.45) is 5.73 Å². The first-order valence-corrected chi connectivity index (χ1v) is 4.99. The highest BCUT2D eigenvalue weighted by atomic mass is 16.5. The van der Waals surface area contributed by atoms with Crippen LogP contribution in [0, 0.1) is 0 Å². The molecule has 3 N–H and O–H groups in total. The van der Waals surface area contributed by atoms with Gasteiger partial charge in [0.15, 0.2) is 0 Å². The van der Waals surface area contributed by atoms with E-state index >= 15 is 0 Å². The van der Waals surface area contributed by atoms with Gasteiger partial charge in [-0.15, -0.1) is 0 Å². The lowest BCUT2D eigenvalue weighted by molar-refractivity contribution is 0.163. The van der Waals surface area contributed by atoms with Crippen LogP contribution in [0.5, 0.6) is 0 Å². The van der Waals surface area contributed by atoms with E-state index in [0.717, 1.165) is 25.7 Å². The summed E-state index contributed by atoms with van der Waals surface area (Å²) in [6.45, 7) is 0. The Kier molecular flexibility index (Phi) is 4.46. The number of carbonyl (C=O) groups is 1. The van der Waals surface area contributed by atoms with Gasteiger partial charge in [0.2, 0.25) is 0 Å². The molecule has 2 atom stereocenters. The van der Waals surface area contributed by atoms with Crippen LogP contribution in [-0.2, 0) is 4.74 Å². The van der Waals surface area contributed by atoms with E-state index in [9.17, 15) is 4.79 Å². The van der Waals surface area contributed by atoms with Gasteiger partial charge in [-0.2, -0.15) is 0 Å². The third-order valence-corrected chi connectivity index (χ3v) is 2.48. The second kappa shape index (κ2) is 5.65. The van der Waals surface area contributed by atoms with Crippen molar-refractivity contribution in [2.45, 2.75) is 37.8 Å². The number of ether oxygens (including phenoxy) is 1. The van der Waals surface area contributed by atoms with Crippen LogP contribution in [0.3, 0.4) is 0 Å². The zero-order chi connectivity index (χ0) is 10.4. The maximum Gasteiger partial charge on any atom is 0.407 e. The molecular formula is C10H18N2O2. The van der Waals surface area contributed by atoms with Crippen molar-refractivity contribution in [3.63, 3.8) is 0 Å². The first kappa shape index (κ1) is 11.0. The number of rotatable bonds is 1. The van der Waals surface area contributed by atoms with Crippen LogP contribution in [0.2, 0.25) is 0 Å². The van der Waals surface area contributed by atoms with E-state index < -0.39 is 6.09 Å². The molecule has 0 aromatic heterocycles. The van der Waals surface area contributed by atoms with Gasteiger partial charge in [-0.25, -0.2) is 4.79 Å². The van der Waals surface area contributed by atoms with Gasteiger partial charge in [0.1, 0.15) is 0 Å². The molecule has 0 bridgehead atoms. The molecule has 4 heteroatoms. The second-order valence-corrected chi connectivity index (χ2v) is 3.53. The van der Waals surface area contributed by atoms with Crippen LogP contribution in [0.1, 0.15) is 25.7 Å². The molecule has 1 aliphatic rings. The third-order valence-electron chi connectivity index (χ3n) is 2.48. The maximum atomic E-state index is 11.0. The van der Waals surface area contributed by atoms with Gasteiger partial charge in [-0.3, -0.25) is 0 Å². The molecule has 80 valence electrons. The van der Waals surface area contributed by atoms with Crippen molar-refractivity contribution in [3.8, 4) is 0 Å². The fourth-order valence-electron chi connectivity index (χ4n) is 1.60. The zero-order valence-electron chi connectivity index (χ0n) is 8.53. The average molecular weight is 198 g/mol. The Bertz CT molecular complexity index is 216. The number of allylic oxidation sites excluding steroid dienone is 2. The Morgan fingerprint density at radius 3 is 2.71 bits per heavy atom. The molecule has 0 aromatic rings. The van der Waals surface area contributed by atoms with E-state index in [2.05, 4.69) is 22.2 Å². The number of hydrogen-bond donors (Lipinski definition) is 2. The maximum absolute atomic E-state index is 11.0. The average Bonchev–Trinajstić information content (AvgIpc) is 2.17. The van der Waals surface area contributed by atoms with E-state index in [1.54, 1.807) is 0 Å². The summed E-state index contributed by atoms with van der Waals surface area (Å²) < 4.78 is 4.55. The van der Waals surface area contributed by atoms with Crippen LogP contribution in [0.4, 0.5) is 4.79 Å². The molecule has 1 unspecified atom stereocenters. The number of carbonyl (C=O) groups excluding carboxylic acids is 1. The minimum Gasteiger partial charge on any atom is -0.453 e. The fraction of sp³-hybridized carbons (Fsp3) is 0.700. The minimum absolute atomic E-state index is 0.0269. The summed E-state index contributed by atoms with van der Waals surface area (Å²) >= 11 is 0. The molecule has 0 spiro atoms. The number of methoxy groups -OCH3 is 1. The van der Waals surface area contributed by atoms with Gasteiger partial charge < -0.3 is 15.8 Å². The summed E-state index contributed by atoms with van der Waals surface area (Å²) in [5.74, 6) is 0. The number of amides is 1. The van der Waals surface area contributed by atoms with Gasteiger partial charge in [-0.1, -0.05) is 12.2 Å². The number of alkyl carbamates (subject to hydrolysis) is 1. The number of hydrogen-bond acceptors (Lipinski definition) is 3. The van der Waals surface area contributed by atoms with Crippen LogP contribution in [-0.4, -0.2) is 25.3 Å². The molecule has 0 saturated carbocycles. The molecule has 0 heterocycles. The highest BCUT2D eigenvalue weighted by molar-refractivity contribution is 5.67. The smallest absolute Gasteiger partial charge is 0.407 e. The number of nitrogens with two attached hydrogens (primary N) is 1. The monoisotopic (exact) mass is 198 g/mol. The van der Waals surface area contributed by atoms with E-state index in [1.165, 1.54) is 7.11 Å². The lowest BCUT2D eigenvalue weighted by atomic mass is 9.96. The molecule has 0 aliphatic heterocycles. The third kappa shape index (κ3) is 3.38. The van der Waals surface area contributed by atoms with Crippen molar-refractivity contribution >= 4 is 6.09 Å². The quantitative estimate of drug-likeness (QED) is 0.621. The van der Waals surface area contributed by atoms with Gasteiger partial charge in [-0.05, 0) is 25.7 Å². The Balaban J connectivity index is 2.47. The van der Waals surface area contributed by atoms with Crippen LogP contribution in [0.25, 0.3) is 0 Å². The summed E-state index contributed by atoms with van der Waals surface area (Å²) in [6.07, 6.45) is 7.63. The Morgan fingerprint density at radius 1 is 1.43 bits per heavy atom. The molecule has 0 saturated heterocycles. The van der Waals surface area contributed by atoms with Crippen LogP contribution in [0.15, 0.2) is 12.2 Å². The summed E-state index contributed by atoms with van der Waals surface area (Å²) in [5, 5.41) is 2.77. The topological polar surface area (TPSA) is 64.3 Å². The summed E-state index contributed by atoms with van der Waals surface area (Å²) in [4.78, 5) is 11.0. The van der Waals surface area contributed by atoms with Crippen molar-refractivity contribution in [1.82, 2.24) is 5.32 Å². The van der Waals surface area contributed by atoms with Crippen molar-refractivity contribution in [1.29, 1.82) is 0 Å². The summed E-state index contributed by atoms with van der Waals surface area (Å²) in [7, 11) is 1.36. The minimum atomic E-state index is -0.394.